The lowest BCUT2D eigenvalue weighted by Gasteiger charge is -2.25. The Hall–Kier alpha value is -2.31. The van der Waals surface area contributed by atoms with E-state index in [1.54, 1.807) is 4.90 Å². The van der Waals surface area contributed by atoms with Gasteiger partial charge in [0.05, 0.1) is 6.04 Å². The van der Waals surface area contributed by atoms with Crippen molar-refractivity contribution < 1.29 is 18.0 Å². The molecule has 0 unspecified atom stereocenters. The van der Waals surface area contributed by atoms with Crippen LogP contribution in [0.2, 0.25) is 0 Å². The minimum atomic E-state index is -4.50. The van der Waals surface area contributed by atoms with Crippen molar-refractivity contribution in [3.8, 4) is 0 Å². The maximum absolute atomic E-state index is 12.8. The number of carbonyl (C=O) groups excluding carboxylic acids is 1. The van der Waals surface area contributed by atoms with Crippen molar-refractivity contribution >= 4 is 5.91 Å². The van der Waals surface area contributed by atoms with Gasteiger partial charge in [0.15, 0.2) is 5.69 Å². The van der Waals surface area contributed by atoms with Gasteiger partial charge in [-0.2, -0.15) is 18.3 Å². The number of nitrogens with zero attached hydrogens (tertiary/aromatic N) is 3. The number of carbonyl (C=O) groups is 1. The Morgan fingerprint density at radius 2 is 2.04 bits per heavy atom. The summed E-state index contributed by atoms with van der Waals surface area (Å²) in [4.78, 5) is 14.4. The van der Waals surface area contributed by atoms with Gasteiger partial charge in [-0.25, -0.2) is 0 Å². The first kappa shape index (κ1) is 17.5. The highest BCUT2D eigenvalue weighted by Crippen LogP contribution is 2.33. The molecule has 2 aromatic rings. The third-order valence-electron chi connectivity index (χ3n) is 4.56. The van der Waals surface area contributed by atoms with Gasteiger partial charge in [0, 0.05) is 12.2 Å². The lowest BCUT2D eigenvalue weighted by Crippen LogP contribution is -2.34. The first-order valence-electron chi connectivity index (χ1n) is 8.23. The number of alkyl halides is 3. The number of aryl methyl sites for hydroxylation is 2. The van der Waals surface area contributed by atoms with Crippen LogP contribution >= 0.6 is 0 Å². The third kappa shape index (κ3) is 3.70. The Bertz CT molecular complexity index is 782. The highest BCUT2D eigenvalue weighted by molar-refractivity contribution is 5.77. The Kier molecular flexibility index (Phi) is 4.58. The molecule has 3 rings (SSSR count). The van der Waals surface area contributed by atoms with Crippen molar-refractivity contribution in [2.75, 3.05) is 6.54 Å². The van der Waals surface area contributed by atoms with Gasteiger partial charge in [0.2, 0.25) is 5.91 Å². The minimum absolute atomic E-state index is 0.0228. The summed E-state index contributed by atoms with van der Waals surface area (Å²) in [5.41, 5.74) is 1.55. The van der Waals surface area contributed by atoms with E-state index in [2.05, 4.69) is 11.2 Å². The normalized spacial score (nSPS) is 18.0. The van der Waals surface area contributed by atoms with E-state index in [0.29, 0.717) is 12.2 Å². The third-order valence-corrected chi connectivity index (χ3v) is 4.56. The average Bonchev–Trinajstić information content (AvgIpc) is 3.14. The van der Waals surface area contributed by atoms with Crippen molar-refractivity contribution in [1.82, 2.24) is 14.7 Å². The van der Waals surface area contributed by atoms with Gasteiger partial charge in [0.25, 0.3) is 0 Å². The smallest absolute Gasteiger partial charge is 0.334 e. The number of likely N-dealkylation sites (tertiary alicyclic amines) is 1. The van der Waals surface area contributed by atoms with Crippen LogP contribution in [-0.4, -0.2) is 27.1 Å². The standard InChI is InChI=1S/C18H20F3N3O/c1-12-5-3-6-14(9-12)15-7-4-8-23(15)17(25)11-24-13(2)10-16(22-24)18(19,20)21/h3,5-6,9-10,15H,4,7-8,11H2,1-2H3/t15-/m1/s1. The van der Waals surface area contributed by atoms with Crippen molar-refractivity contribution in [1.29, 1.82) is 0 Å². The molecule has 1 amide bonds. The van der Waals surface area contributed by atoms with Crippen molar-refractivity contribution in [2.24, 2.45) is 0 Å². The zero-order valence-corrected chi connectivity index (χ0v) is 14.2. The van der Waals surface area contributed by atoms with E-state index in [4.69, 9.17) is 0 Å². The number of benzene rings is 1. The van der Waals surface area contributed by atoms with Crippen molar-refractivity contribution in [3.05, 3.63) is 52.8 Å². The molecule has 25 heavy (non-hydrogen) atoms. The fourth-order valence-corrected chi connectivity index (χ4v) is 3.32. The van der Waals surface area contributed by atoms with Gasteiger partial charge in [-0.1, -0.05) is 29.8 Å². The number of halogens is 3. The SMILES string of the molecule is Cc1cccc([C@H]2CCCN2C(=O)Cn2nc(C(F)(F)F)cc2C)c1. The maximum Gasteiger partial charge on any atom is 0.435 e. The van der Waals surface area contributed by atoms with Gasteiger partial charge >= 0.3 is 6.18 Å². The zero-order chi connectivity index (χ0) is 18.2. The highest BCUT2D eigenvalue weighted by Gasteiger charge is 2.35. The molecule has 1 saturated heterocycles. The van der Waals surface area contributed by atoms with Crippen LogP contribution in [-0.2, 0) is 17.5 Å². The Morgan fingerprint density at radius 1 is 1.28 bits per heavy atom. The summed E-state index contributed by atoms with van der Waals surface area (Å²) in [6, 6.07) is 8.94. The Morgan fingerprint density at radius 3 is 2.68 bits per heavy atom. The van der Waals surface area contributed by atoms with Gasteiger partial charge in [-0.3, -0.25) is 9.48 Å². The number of aromatic nitrogens is 2. The molecule has 1 atom stereocenters. The topological polar surface area (TPSA) is 38.1 Å². The lowest BCUT2D eigenvalue weighted by molar-refractivity contribution is -0.142. The molecule has 1 aliphatic rings. The Labute approximate surface area is 144 Å². The highest BCUT2D eigenvalue weighted by atomic mass is 19.4. The summed E-state index contributed by atoms with van der Waals surface area (Å²) in [7, 11) is 0. The lowest BCUT2D eigenvalue weighted by atomic mass is 10.0. The summed E-state index contributed by atoms with van der Waals surface area (Å²) in [5, 5.41) is 3.55. The predicted molar refractivity (Wildman–Crippen MR) is 86.8 cm³/mol. The number of hydrogen-bond donors (Lipinski definition) is 0. The van der Waals surface area contributed by atoms with E-state index in [9.17, 15) is 18.0 Å². The van der Waals surface area contributed by atoms with Crippen LogP contribution in [0, 0.1) is 13.8 Å². The van der Waals surface area contributed by atoms with Gasteiger partial charge in [-0.15, -0.1) is 0 Å². The molecule has 0 N–H and O–H groups in total. The molecular formula is C18H20F3N3O. The minimum Gasteiger partial charge on any atom is -0.334 e. The van der Waals surface area contributed by atoms with Crippen LogP contribution in [0.1, 0.15) is 41.4 Å². The monoisotopic (exact) mass is 351 g/mol. The quantitative estimate of drug-likeness (QED) is 0.842. The molecule has 7 heteroatoms. The molecule has 1 aromatic carbocycles. The maximum atomic E-state index is 12.8. The van der Waals surface area contributed by atoms with E-state index < -0.39 is 11.9 Å². The van der Waals surface area contributed by atoms with E-state index in [0.717, 1.165) is 34.7 Å². The van der Waals surface area contributed by atoms with Crippen LogP contribution in [0.3, 0.4) is 0 Å². The summed E-state index contributed by atoms with van der Waals surface area (Å²) in [6.07, 6.45) is -2.76. The molecule has 1 fully saturated rings. The second kappa shape index (κ2) is 6.54. The van der Waals surface area contributed by atoms with Crippen LogP contribution in [0.15, 0.2) is 30.3 Å². The largest absolute Gasteiger partial charge is 0.435 e. The number of amides is 1. The molecule has 1 aliphatic heterocycles. The van der Waals surface area contributed by atoms with Crippen LogP contribution in [0.4, 0.5) is 13.2 Å². The van der Waals surface area contributed by atoms with E-state index in [1.165, 1.54) is 6.92 Å². The van der Waals surface area contributed by atoms with Crippen LogP contribution in [0.5, 0.6) is 0 Å². The van der Waals surface area contributed by atoms with Crippen molar-refractivity contribution in [3.63, 3.8) is 0 Å². The average molecular weight is 351 g/mol. The number of rotatable bonds is 3. The molecule has 0 radical (unpaired) electrons. The molecule has 1 aromatic heterocycles. The molecule has 2 heterocycles. The predicted octanol–water partition coefficient (Wildman–Crippen LogP) is 3.88. The first-order valence-corrected chi connectivity index (χ1v) is 8.23. The van der Waals surface area contributed by atoms with Crippen LogP contribution in [0.25, 0.3) is 0 Å². The molecule has 4 nitrogen and oxygen atoms in total. The molecule has 0 bridgehead atoms. The summed E-state index contributed by atoms with van der Waals surface area (Å²) >= 11 is 0. The second-order valence-electron chi connectivity index (χ2n) is 6.49. The van der Waals surface area contributed by atoms with Crippen molar-refractivity contribution in [2.45, 2.75) is 45.5 Å². The van der Waals surface area contributed by atoms with E-state index in [-0.39, 0.29) is 18.5 Å². The van der Waals surface area contributed by atoms with E-state index >= 15 is 0 Å². The summed E-state index contributed by atoms with van der Waals surface area (Å²) in [6.45, 7) is 3.96. The number of hydrogen-bond acceptors (Lipinski definition) is 2. The Balaban J connectivity index is 1.78. The molecular weight excluding hydrogens is 331 g/mol. The summed E-state index contributed by atoms with van der Waals surface area (Å²) < 4.78 is 39.4. The van der Waals surface area contributed by atoms with E-state index in [1.807, 2.05) is 25.1 Å². The summed E-state index contributed by atoms with van der Waals surface area (Å²) in [5.74, 6) is -0.205. The molecule has 0 saturated carbocycles. The van der Waals surface area contributed by atoms with Crippen LogP contribution < -0.4 is 0 Å². The van der Waals surface area contributed by atoms with Gasteiger partial charge in [-0.05, 0) is 38.3 Å². The zero-order valence-electron chi connectivity index (χ0n) is 14.2. The first-order chi connectivity index (χ1) is 11.8. The molecule has 0 spiro atoms. The fourth-order valence-electron chi connectivity index (χ4n) is 3.32. The van der Waals surface area contributed by atoms with Gasteiger partial charge in [0.1, 0.15) is 6.54 Å². The fraction of sp³-hybridized carbons (Fsp3) is 0.444. The molecule has 134 valence electrons. The molecule has 0 aliphatic carbocycles. The second-order valence-corrected chi connectivity index (χ2v) is 6.49. The van der Waals surface area contributed by atoms with Gasteiger partial charge < -0.3 is 4.90 Å².